The van der Waals surface area contributed by atoms with Crippen molar-refractivity contribution in [2.45, 2.75) is 46.5 Å². The van der Waals surface area contributed by atoms with Gasteiger partial charge in [-0.25, -0.2) is 0 Å². The molecular formula is C23H30F2NO3W-. The van der Waals surface area contributed by atoms with Gasteiger partial charge in [0.15, 0.2) is 6.61 Å². The van der Waals surface area contributed by atoms with Crippen molar-refractivity contribution in [3.8, 4) is 11.5 Å². The Morgan fingerprint density at radius 3 is 2.23 bits per heavy atom. The smallest absolute Gasteiger partial charge is 0.224 e. The van der Waals surface area contributed by atoms with Gasteiger partial charge in [0.1, 0.15) is 5.75 Å². The maximum atomic E-state index is 12.0. The predicted octanol–water partition coefficient (Wildman–Crippen LogP) is 5.34. The molecule has 0 aliphatic heterocycles. The first-order chi connectivity index (χ1) is 14.0. The van der Waals surface area contributed by atoms with Crippen LogP contribution in [0.25, 0.3) is 0 Å². The molecule has 0 saturated heterocycles. The topological polar surface area (TPSA) is 47.6 Å². The van der Waals surface area contributed by atoms with E-state index in [1.54, 1.807) is 19.2 Å². The number of benzene rings is 2. The monoisotopic (exact) mass is 590 g/mol. The van der Waals surface area contributed by atoms with E-state index in [1.807, 2.05) is 19.9 Å². The van der Waals surface area contributed by atoms with Crippen LogP contribution in [0, 0.1) is 6.61 Å². The third kappa shape index (κ3) is 10.2. The Morgan fingerprint density at radius 1 is 1.03 bits per heavy atom. The van der Waals surface area contributed by atoms with E-state index in [4.69, 9.17) is 4.74 Å². The summed E-state index contributed by atoms with van der Waals surface area (Å²) in [6.45, 7) is 4.53. The number of hydrogen-bond donors (Lipinski definition) is 1. The van der Waals surface area contributed by atoms with Crippen molar-refractivity contribution in [2.24, 2.45) is 0 Å². The van der Waals surface area contributed by atoms with Crippen LogP contribution in [0.15, 0.2) is 42.5 Å². The first-order valence-electron chi connectivity index (χ1n) is 9.89. The van der Waals surface area contributed by atoms with Gasteiger partial charge in [-0.1, -0.05) is 51.5 Å². The van der Waals surface area contributed by atoms with E-state index in [0.717, 1.165) is 29.7 Å². The second kappa shape index (κ2) is 15.8. The summed E-state index contributed by atoms with van der Waals surface area (Å²) in [5.41, 5.74) is 3.01. The van der Waals surface area contributed by atoms with E-state index in [1.165, 1.54) is 17.7 Å². The Labute approximate surface area is 192 Å². The predicted molar refractivity (Wildman–Crippen MR) is 111 cm³/mol. The van der Waals surface area contributed by atoms with Gasteiger partial charge in [0.05, 0.1) is 19.3 Å². The van der Waals surface area contributed by atoms with Crippen LogP contribution in [0.4, 0.5) is 8.78 Å². The molecule has 0 aliphatic carbocycles. The molecule has 0 fully saturated rings. The number of halogens is 2. The van der Waals surface area contributed by atoms with Crippen molar-refractivity contribution < 1.29 is 44.1 Å². The van der Waals surface area contributed by atoms with Crippen molar-refractivity contribution in [3.63, 3.8) is 0 Å². The van der Waals surface area contributed by atoms with Crippen LogP contribution in [0.3, 0.4) is 0 Å². The molecule has 0 unspecified atom stereocenters. The summed E-state index contributed by atoms with van der Waals surface area (Å²) in [5.74, 6) is 0.797. The zero-order valence-corrected chi connectivity index (χ0v) is 20.9. The van der Waals surface area contributed by atoms with Crippen LogP contribution in [0.5, 0.6) is 11.5 Å². The fourth-order valence-corrected chi connectivity index (χ4v) is 2.78. The Hall–Kier alpha value is -1.94. The first-order valence-corrected chi connectivity index (χ1v) is 9.89. The largest absolute Gasteiger partial charge is 0.599 e. The van der Waals surface area contributed by atoms with Crippen molar-refractivity contribution in [1.82, 2.24) is 5.32 Å². The minimum Gasteiger partial charge on any atom is -0.599 e. The molecule has 0 spiro atoms. The van der Waals surface area contributed by atoms with Crippen molar-refractivity contribution >= 4 is 5.91 Å². The minimum atomic E-state index is -2.11. The molecule has 7 heteroatoms. The summed E-state index contributed by atoms with van der Waals surface area (Å²) < 4.78 is 33.7. The molecule has 1 N–H and O–H groups in total. The number of hydrogen-bond acceptors (Lipinski definition) is 3. The summed E-state index contributed by atoms with van der Waals surface area (Å²) in [4.78, 5) is 12.0. The van der Waals surface area contributed by atoms with E-state index in [0.29, 0.717) is 13.0 Å². The molecular weight excluding hydrogens is 560 g/mol. The van der Waals surface area contributed by atoms with Crippen molar-refractivity contribution in [3.05, 3.63) is 65.8 Å². The molecule has 0 aromatic heterocycles. The molecule has 2 aromatic rings. The van der Waals surface area contributed by atoms with E-state index < -0.39 is 6.61 Å². The number of nitrogens with one attached hydrogen (secondary N) is 1. The number of methoxy groups -OCH3 is 1. The molecule has 30 heavy (non-hydrogen) atoms. The zero-order valence-electron chi connectivity index (χ0n) is 18.0. The molecule has 0 aliphatic rings. The number of carbonyl (C=O) groups excluding carboxylic acids is 1. The SMILES string of the molecule is CC.CCCc1ccc(CCNC(=O)Cc2ccc(O[C-](F)F)cc2)cc1OC.[W]. The molecule has 4 nitrogen and oxygen atoms in total. The van der Waals surface area contributed by atoms with Crippen molar-refractivity contribution in [2.75, 3.05) is 13.7 Å². The summed E-state index contributed by atoms with van der Waals surface area (Å²) >= 11 is 0. The zero-order chi connectivity index (χ0) is 21.6. The molecule has 2 aromatic carbocycles. The van der Waals surface area contributed by atoms with Crippen LogP contribution in [0.1, 0.15) is 43.9 Å². The summed E-state index contributed by atoms with van der Waals surface area (Å²) in [7, 11) is 1.66. The molecule has 0 heterocycles. The van der Waals surface area contributed by atoms with Crippen LogP contribution < -0.4 is 14.8 Å². The molecule has 0 atom stereocenters. The minimum absolute atomic E-state index is 0. The first kappa shape index (κ1) is 28.1. The van der Waals surface area contributed by atoms with Crippen LogP contribution in [0.2, 0.25) is 0 Å². The number of ether oxygens (including phenoxy) is 2. The van der Waals surface area contributed by atoms with Crippen LogP contribution >= 0.6 is 0 Å². The maximum absolute atomic E-state index is 12.0. The Balaban J connectivity index is 0.00000272. The second-order valence-corrected chi connectivity index (χ2v) is 6.14. The Morgan fingerprint density at radius 2 is 1.67 bits per heavy atom. The van der Waals surface area contributed by atoms with Crippen LogP contribution in [-0.2, 0) is 45.1 Å². The summed E-state index contributed by atoms with van der Waals surface area (Å²) in [6.07, 6.45) is 2.91. The molecule has 2 rings (SSSR count). The fraction of sp³-hybridized carbons (Fsp3) is 0.391. The van der Waals surface area contributed by atoms with Crippen molar-refractivity contribution in [1.29, 1.82) is 0 Å². The third-order valence-electron chi connectivity index (χ3n) is 4.09. The summed E-state index contributed by atoms with van der Waals surface area (Å²) in [6, 6.07) is 12.1. The normalized spacial score (nSPS) is 9.83. The van der Waals surface area contributed by atoms with Gasteiger partial charge in [-0.05, 0) is 47.7 Å². The number of rotatable bonds is 10. The number of aryl methyl sites for hydroxylation is 1. The van der Waals surface area contributed by atoms with Gasteiger partial charge in [0, 0.05) is 27.6 Å². The molecule has 0 saturated carbocycles. The van der Waals surface area contributed by atoms with E-state index >= 15 is 0 Å². The van der Waals surface area contributed by atoms with Crippen LogP contribution in [-0.4, -0.2) is 19.6 Å². The summed E-state index contributed by atoms with van der Waals surface area (Å²) in [5, 5.41) is 2.87. The average Bonchev–Trinajstić information content (AvgIpc) is 2.72. The van der Waals surface area contributed by atoms with Gasteiger partial charge in [-0.2, -0.15) is 0 Å². The van der Waals surface area contributed by atoms with Gasteiger partial charge >= 0.3 is 0 Å². The van der Waals surface area contributed by atoms with Gasteiger partial charge in [0.25, 0.3) is 0 Å². The van der Waals surface area contributed by atoms with E-state index in [2.05, 4.69) is 29.1 Å². The molecule has 0 bridgehead atoms. The second-order valence-electron chi connectivity index (χ2n) is 6.14. The number of carbonyl (C=O) groups is 1. The molecule has 1 amide bonds. The Bertz CT molecular complexity index is 740. The van der Waals surface area contributed by atoms with E-state index in [-0.39, 0.29) is 39.1 Å². The van der Waals surface area contributed by atoms with Gasteiger partial charge in [-0.3, -0.25) is 4.79 Å². The number of amides is 1. The van der Waals surface area contributed by atoms with Gasteiger partial charge in [-0.15, -0.1) is 0 Å². The van der Waals surface area contributed by atoms with Gasteiger partial charge in [0.2, 0.25) is 5.91 Å². The molecule has 0 radical (unpaired) electrons. The Kier molecular flexibility index (Phi) is 14.8. The average molecular weight is 590 g/mol. The standard InChI is InChI=1S/C21H24F2NO3.C2H6.W/c1-3-4-17-8-5-16(13-19(17)26-2)11-12-24-20(25)14-15-6-9-18(10-7-15)27-21(22)23;1-2;/h5-10,13H,3-4,11-12,14H2,1-2H3,(H,24,25);1-2H3;/q-1;;. The third-order valence-corrected chi connectivity index (χ3v) is 4.09. The van der Waals surface area contributed by atoms with Gasteiger partial charge < -0.3 is 23.6 Å². The quantitative estimate of drug-likeness (QED) is 0.381. The fourth-order valence-electron chi connectivity index (χ4n) is 2.78. The molecule has 166 valence electrons. The van der Waals surface area contributed by atoms with E-state index in [9.17, 15) is 13.6 Å². The maximum Gasteiger partial charge on any atom is 0.224 e.